The van der Waals surface area contributed by atoms with Crippen LogP contribution >= 0.6 is 0 Å². The third-order valence-corrected chi connectivity index (χ3v) is 3.75. The summed E-state index contributed by atoms with van der Waals surface area (Å²) in [6.07, 6.45) is 1.87. The summed E-state index contributed by atoms with van der Waals surface area (Å²) >= 11 is 0. The van der Waals surface area contributed by atoms with Crippen molar-refractivity contribution in [2.24, 2.45) is 0 Å². The van der Waals surface area contributed by atoms with Gasteiger partial charge in [0, 0.05) is 51.9 Å². The lowest BCUT2D eigenvalue weighted by atomic mass is 10.1. The highest BCUT2D eigenvalue weighted by Crippen LogP contribution is 2.22. The van der Waals surface area contributed by atoms with E-state index in [1.165, 1.54) is 18.9 Å². The molecule has 0 aromatic carbocycles. The highest BCUT2D eigenvalue weighted by molar-refractivity contribution is 5.40. The number of hydrogen-bond acceptors (Lipinski definition) is 5. The smallest absolute Gasteiger partial charge is 0.147 e. The Morgan fingerprint density at radius 2 is 2.12 bits per heavy atom. The normalized spacial score (nSPS) is 22.8. The number of nitrogens with one attached hydrogen (secondary N) is 1. The van der Waals surface area contributed by atoms with Crippen LogP contribution in [0.5, 0.6) is 0 Å². The van der Waals surface area contributed by atoms with Gasteiger partial charge in [0.1, 0.15) is 5.82 Å². The second-order valence-electron chi connectivity index (χ2n) is 4.75. The molecule has 94 valence electrons. The average molecular weight is 236 g/mol. The van der Waals surface area contributed by atoms with E-state index in [-0.39, 0.29) is 0 Å². The van der Waals surface area contributed by atoms with E-state index in [0.717, 1.165) is 38.8 Å². The van der Waals surface area contributed by atoms with Gasteiger partial charge in [-0.3, -0.25) is 4.90 Å². The molecule has 1 aromatic rings. The predicted molar refractivity (Wildman–Crippen MR) is 66.1 cm³/mol. The number of rotatable bonds is 3. The predicted octanol–water partition coefficient (Wildman–Crippen LogP) is -0.608. The quantitative estimate of drug-likeness (QED) is 0.759. The minimum atomic E-state index is 0.720. The molecular weight excluding hydrogens is 216 g/mol. The molecular formula is C11H20N6. The van der Waals surface area contributed by atoms with E-state index < -0.39 is 0 Å². The molecule has 0 bridgehead atoms. The number of hydrogen-bond donors (Lipinski definition) is 1. The summed E-state index contributed by atoms with van der Waals surface area (Å²) in [5.41, 5.74) is 0. The molecule has 6 heteroatoms. The van der Waals surface area contributed by atoms with Gasteiger partial charge in [-0.1, -0.05) is 5.21 Å². The van der Waals surface area contributed by atoms with Crippen molar-refractivity contribution in [1.29, 1.82) is 0 Å². The molecule has 3 heterocycles. The van der Waals surface area contributed by atoms with Crippen LogP contribution in [-0.4, -0.2) is 65.2 Å². The van der Waals surface area contributed by atoms with Gasteiger partial charge in [0.05, 0.1) is 6.20 Å². The SMILES string of the molecule is CCn1nncc1N1CC(N2CCNCC2)C1. The Bertz CT molecular complexity index is 364. The summed E-state index contributed by atoms with van der Waals surface area (Å²) in [5.74, 6) is 1.17. The maximum absolute atomic E-state index is 4.08. The van der Waals surface area contributed by atoms with Crippen LogP contribution in [0, 0.1) is 0 Å². The fraction of sp³-hybridized carbons (Fsp3) is 0.818. The Morgan fingerprint density at radius 1 is 1.35 bits per heavy atom. The standard InChI is InChI=1S/C11H20N6/c1-2-17-11(7-13-14-17)16-8-10(9-16)15-5-3-12-4-6-15/h7,10,12H,2-6,8-9H2,1H3. The summed E-state index contributed by atoms with van der Waals surface area (Å²) in [5, 5.41) is 11.5. The molecule has 0 aliphatic carbocycles. The van der Waals surface area contributed by atoms with E-state index in [2.05, 4.69) is 32.4 Å². The van der Waals surface area contributed by atoms with Crippen molar-refractivity contribution in [3.8, 4) is 0 Å². The molecule has 2 fully saturated rings. The Balaban J connectivity index is 1.57. The first-order chi connectivity index (χ1) is 8.38. The number of nitrogens with zero attached hydrogens (tertiary/aromatic N) is 5. The second kappa shape index (κ2) is 4.62. The molecule has 1 aromatic heterocycles. The Morgan fingerprint density at radius 3 is 2.82 bits per heavy atom. The molecule has 0 atom stereocenters. The van der Waals surface area contributed by atoms with Crippen LogP contribution in [0.3, 0.4) is 0 Å². The third-order valence-electron chi connectivity index (χ3n) is 3.75. The fourth-order valence-electron chi connectivity index (χ4n) is 2.64. The van der Waals surface area contributed by atoms with Crippen LogP contribution in [0.1, 0.15) is 6.92 Å². The van der Waals surface area contributed by atoms with E-state index in [1.54, 1.807) is 0 Å². The maximum Gasteiger partial charge on any atom is 0.147 e. The Labute approximate surface area is 102 Å². The molecule has 6 nitrogen and oxygen atoms in total. The number of anilines is 1. The fourth-order valence-corrected chi connectivity index (χ4v) is 2.64. The van der Waals surface area contributed by atoms with E-state index >= 15 is 0 Å². The molecule has 0 spiro atoms. The Kier molecular flexibility index (Phi) is 2.98. The first-order valence-corrected chi connectivity index (χ1v) is 6.46. The molecule has 2 aliphatic heterocycles. The van der Waals surface area contributed by atoms with Crippen molar-refractivity contribution in [3.05, 3.63) is 6.20 Å². The lowest BCUT2D eigenvalue weighted by Gasteiger charge is -2.47. The van der Waals surface area contributed by atoms with Gasteiger partial charge in [-0.15, -0.1) is 5.10 Å². The van der Waals surface area contributed by atoms with Gasteiger partial charge in [-0.25, -0.2) is 4.68 Å². The Hall–Kier alpha value is -1.14. The summed E-state index contributed by atoms with van der Waals surface area (Å²) in [7, 11) is 0. The van der Waals surface area contributed by atoms with Crippen molar-refractivity contribution >= 4 is 5.82 Å². The van der Waals surface area contributed by atoms with Crippen molar-refractivity contribution < 1.29 is 0 Å². The first kappa shape index (κ1) is 11.0. The first-order valence-electron chi connectivity index (χ1n) is 6.46. The van der Waals surface area contributed by atoms with Crippen LogP contribution in [0.4, 0.5) is 5.82 Å². The molecule has 3 rings (SSSR count). The molecule has 1 N–H and O–H groups in total. The van der Waals surface area contributed by atoms with Crippen LogP contribution in [0.25, 0.3) is 0 Å². The van der Waals surface area contributed by atoms with E-state index in [0.29, 0.717) is 0 Å². The van der Waals surface area contributed by atoms with Gasteiger partial charge >= 0.3 is 0 Å². The van der Waals surface area contributed by atoms with Crippen molar-refractivity contribution in [1.82, 2.24) is 25.2 Å². The zero-order valence-corrected chi connectivity index (χ0v) is 10.3. The molecule has 2 saturated heterocycles. The van der Waals surface area contributed by atoms with Crippen LogP contribution in [-0.2, 0) is 6.54 Å². The van der Waals surface area contributed by atoms with Crippen molar-refractivity contribution in [2.75, 3.05) is 44.2 Å². The summed E-state index contributed by atoms with van der Waals surface area (Å²) < 4.78 is 1.97. The number of aryl methyl sites for hydroxylation is 1. The van der Waals surface area contributed by atoms with Gasteiger partial charge < -0.3 is 10.2 Å². The lowest BCUT2D eigenvalue weighted by molar-refractivity contribution is 0.146. The molecule has 0 radical (unpaired) electrons. The zero-order valence-electron chi connectivity index (χ0n) is 10.3. The average Bonchev–Trinajstić information content (AvgIpc) is 2.77. The summed E-state index contributed by atoms with van der Waals surface area (Å²) in [6, 6.07) is 0.720. The van der Waals surface area contributed by atoms with Gasteiger partial charge in [-0.05, 0) is 6.92 Å². The maximum atomic E-state index is 4.08. The second-order valence-corrected chi connectivity index (χ2v) is 4.75. The van der Waals surface area contributed by atoms with Gasteiger partial charge in [0.25, 0.3) is 0 Å². The van der Waals surface area contributed by atoms with Gasteiger partial charge in [-0.2, -0.15) is 0 Å². The largest absolute Gasteiger partial charge is 0.352 e. The highest BCUT2D eigenvalue weighted by atomic mass is 15.5. The van der Waals surface area contributed by atoms with Gasteiger partial charge in [0.15, 0.2) is 0 Å². The molecule has 2 aliphatic rings. The lowest BCUT2D eigenvalue weighted by Crippen LogP contribution is -2.63. The molecule has 0 amide bonds. The van der Waals surface area contributed by atoms with Crippen molar-refractivity contribution in [3.63, 3.8) is 0 Å². The van der Waals surface area contributed by atoms with Crippen LogP contribution in [0.2, 0.25) is 0 Å². The molecule has 0 saturated carbocycles. The van der Waals surface area contributed by atoms with Gasteiger partial charge in [0.2, 0.25) is 0 Å². The zero-order chi connectivity index (χ0) is 11.7. The summed E-state index contributed by atoms with van der Waals surface area (Å²) in [4.78, 5) is 4.96. The minimum Gasteiger partial charge on any atom is -0.352 e. The topological polar surface area (TPSA) is 49.2 Å². The summed E-state index contributed by atoms with van der Waals surface area (Å²) in [6.45, 7) is 9.86. The van der Waals surface area contributed by atoms with Crippen LogP contribution < -0.4 is 10.2 Å². The van der Waals surface area contributed by atoms with Crippen molar-refractivity contribution in [2.45, 2.75) is 19.5 Å². The molecule has 17 heavy (non-hydrogen) atoms. The monoisotopic (exact) mass is 236 g/mol. The highest BCUT2D eigenvalue weighted by Gasteiger charge is 2.33. The van der Waals surface area contributed by atoms with E-state index in [9.17, 15) is 0 Å². The number of piperazine rings is 1. The molecule has 0 unspecified atom stereocenters. The third kappa shape index (κ3) is 2.02. The van der Waals surface area contributed by atoms with Crippen LogP contribution in [0.15, 0.2) is 6.20 Å². The van der Waals surface area contributed by atoms with E-state index in [4.69, 9.17) is 0 Å². The number of aromatic nitrogens is 3. The minimum absolute atomic E-state index is 0.720. The van der Waals surface area contributed by atoms with E-state index in [1.807, 2.05) is 10.9 Å².